The van der Waals surface area contributed by atoms with E-state index in [1.165, 1.54) is 30.3 Å². The number of carbonyl (C=O) groups excluding carboxylic acids is 4. The molecule has 1 saturated heterocycles. The van der Waals surface area contributed by atoms with Crippen molar-refractivity contribution in [3.8, 4) is 0 Å². The second-order valence-corrected chi connectivity index (χ2v) is 12.1. The van der Waals surface area contributed by atoms with Crippen LogP contribution in [0.4, 0.5) is 0 Å². The van der Waals surface area contributed by atoms with Crippen molar-refractivity contribution in [2.24, 2.45) is 0 Å². The van der Waals surface area contributed by atoms with Crippen molar-refractivity contribution in [3.63, 3.8) is 0 Å². The van der Waals surface area contributed by atoms with Crippen LogP contribution in [0, 0.1) is 6.92 Å². The Morgan fingerprint density at radius 3 is 2.30 bits per heavy atom. The molecule has 2 aromatic carbocycles. The van der Waals surface area contributed by atoms with Gasteiger partial charge in [-0.25, -0.2) is 0 Å². The molecule has 1 fully saturated rings. The minimum atomic E-state index is -3.87. The fourth-order valence-electron chi connectivity index (χ4n) is 4.22. The lowest BCUT2D eigenvalue weighted by molar-refractivity contribution is -0.136. The van der Waals surface area contributed by atoms with E-state index in [2.05, 4.69) is 5.32 Å². The highest BCUT2D eigenvalue weighted by atomic mass is 32.2. The average molecular weight is 593 g/mol. The van der Waals surface area contributed by atoms with Crippen LogP contribution in [0.5, 0.6) is 0 Å². The fraction of sp³-hybridized carbons (Fsp3) is 0.385. The van der Waals surface area contributed by atoms with Gasteiger partial charge < -0.3 is 9.47 Å². The van der Waals surface area contributed by atoms with Gasteiger partial charge in [0.2, 0.25) is 11.8 Å². The quantitative estimate of drug-likeness (QED) is 0.201. The summed E-state index contributed by atoms with van der Waals surface area (Å²) in [5.41, 5.74) is 0.972. The van der Waals surface area contributed by atoms with Crippen molar-refractivity contribution in [2.45, 2.75) is 35.6 Å². The van der Waals surface area contributed by atoms with Crippen LogP contribution in [0.15, 0.2) is 52.3 Å². The molecule has 2 aromatic rings. The number of hydrogen-bond donors (Lipinski definition) is 1. The molecule has 0 aliphatic carbocycles. The minimum Gasteiger partial charge on any atom is -0.378 e. The summed E-state index contributed by atoms with van der Waals surface area (Å²) in [5, 5.41) is 2.14. The summed E-state index contributed by atoms with van der Waals surface area (Å²) in [7, 11) is -5.55. The molecule has 0 spiro atoms. The van der Waals surface area contributed by atoms with Gasteiger partial charge in [-0.1, -0.05) is 23.8 Å². The molecule has 2 atom stereocenters. The molecule has 12 nitrogen and oxygen atoms in total. The second-order valence-electron chi connectivity index (χ2n) is 8.99. The number of benzene rings is 2. The molecule has 0 saturated carbocycles. The standard InChI is InChI=1S/C26H28N2O10S2/c1-17-5-7-18(8-6-17)40(34,35)38-14-13-36-11-12-37-15-16-39(33)21-4-2-3-19-23(21)26(32)28(25(19)31)20-9-10-22(29)27-24(20)30/h2-8,20H,9-16H2,1H3,(H,27,29,30). The maximum Gasteiger partial charge on any atom is 0.297 e. The van der Waals surface area contributed by atoms with E-state index in [1.807, 2.05) is 6.92 Å². The third kappa shape index (κ3) is 6.70. The van der Waals surface area contributed by atoms with Gasteiger partial charge in [0.25, 0.3) is 21.9 Å². The van der Waals surface area contributed by atoms with Crippen LogP contribution < -0.4 is 5.32 Å². The van der Waals surface area contributed by atoms with E-state index in [1.54, 1.807) is 12.1 Å². The molecule has 0 bridgehead atoms. The highest BCUT2D eigenvalue weighted by Gasteiger charge is 2.46. The molecule has 214 valence electrons. The summed E-state index contributed by atoms with van der Waals surface area (Å²) < 4.78 is 52.9. The van der Waals surface area contributed by atoms with Crippen molar-refractivity contribution < 1.29 is 45.5 Å². The van der Waals surface area contributed by atoms with Gasteiger partial charge in [0.15, 0.2) is 0 Å². The molecule has 0 aromatic heterocycles. The Morgan fingerprint density at radius 1 is 0.925 bits per heavy atom. The summed E-state index contributed by atoms with van der Waals surface area (Å²) >= 11 is 0. The van der Waals surface area contributed by atoms with Crippen LogP contribution in [0.1, 0.15) is 39.1 Å². The van der Waals surface area contributed by atoms with Gasteiger partial charge in [0, 0.05) is 6.42 Å². The number of imide groups is 2. The fourth-order valence-corrected chi connectivity index (χ4v) is 6.25. The number of piperidine rings is 1. The van der Waals surface area contributed by atoms with Crippen molar-refractivity contribution >= 4 is 44.5 Å². The first-order chi connectivity index (χ1) is 19.1. The van der Waals surface area contributed by atoms with E-state index in [4.69, 9.17) is 13.7 Å². The number of fused-ring (bicyclic) bond motifs is 1. The Labute approximate surface area is 233 Å². The summed E-state index contributed by atoms with van der Waals surface area (Å²) in [6.07, 6.45) is 0.0301. The first-order valence-corrected chi connectivity index (χ1v) is 15.2. The Balaban J connectivity index is 1.20. The Bertz CT molecular complexity index is 1440. The van der Waals surface area contributed by atoms with Gasteiger partial charge in [0.1, 0.15) is 6.04 Å². The predicted octanol–water partition coefficient (Wildman–Crippen LogP) is 0.943. The van der Waals surface area contributed by atoms with E-state index >= 15 is 0 Å². The topological polar surface area (TPSA) is 162 Å². The molecule has 2 unspecified atom stereocenters. The van der Waals surface area contributed by atoms with Gasteiger partial charge in [-0.3, -0.25) is 37.8 Å². The van der Waals surface area contributed by atoms with E-state index in [9.17, 15) is 31.8 Å². The van der Waals surface area contributed by atoms with Crippen molar-refractivity contribution in [1.82, 2.24) is 10.2 Å². The van der Waals surface area contributed by atoms with Crippen LogP contribution in [0.2, 0.25) is 0 Å². The molecule has 1 N–H and O–H groups in total. The maximum absolute atomic E-state index is 13.1. The number of nitrogens with one attached hydrogen (secondary N) is 1. The predicted molar refractivity (Wildman–Crippen MR) is 140 cm³/mol. The summed E-state index contributed by atoms with van der Waals surface area (Å²) in [6.45, 7) is 2.07. The van der Waals surface area contributed by atoms with Crippen molar-refractivity contribution in [1.29, 1.82) is 0 Å². The number of carbonyl (C=O) groups is 4. The number of amides is 4. The molecule has 4 amide bonds. The zero-order chi connectivity index (χ0) is 28.9. The summed E-state index contributed by atoms with van der Waals surface area (Å²) in [5.74, 6) is -2.54. The van der Waals surface area contributed by atoms with Crippen LogP contribution in [-0.2, 0) is 44.2 Å². The molecular formula is C26H28N2O10S2. The van der Waals surface area contributed by atoms with E-state index in [-0.39, 0.29) is 72.5 Å². The molecule has 40 heavy (non-hydrogen) atoms. The van der Waals surface area contributed by atoms with Gasteiger partial charge in [0.05, 0.1) is 70.5 Å². The van der Waals surface area contributed by atoms with Gasteiger partial charge in [-0.15, -0.1) is 0 Å². The Kier molecular flexibility index (Phi) is 9.58. The number of ether oxygens (including phenoxy) is 2. The Morgan fingerprint density at radius 2 is 1.60 bits per heavy atom. The highest BCUT2D eigenvalue weighted by molar-refractivity contribution is 7.86. The van der Waals surface area contributed by atoms with Crippen LogP contribution >= 0.6 is 0 Å². The van der Waals surface area contributed by atoms with Crippen molar-refractivity contribution in [3.05, 3.63) is 59.2 Å². The van der Waals surface area contributed by atoms with E-state index < -0.39 is 50.6 Å². The van der Waals surface area contributed by atoms with Gasteiger partial charge in [-0.05, 0) is 37.6 Å². The minimum absolute atomic E-state index is 0.00318. The monoisotopic (exact) mass is 592 g/mol. The molecule has 2 aliphatic heterocycles. The van der Waals surface area contributed by atoms with Crippen LogP contribution in [0.25, 0.3) is 0 Å². The molecule has 0 radical (unpaired) electrons. The molecular weight excluding hydrogens is 564 g/mol. The molecule has 4 rings (SSSR count). The lowest BCUT2D eigenvalue weighted by Gasteiger charge is -2.27. The zero-order valence-corrected chi connectivity index (χ0v) is 23.3. The van der Waals surface area contributed by atoms with E-state index in [0.29, 0.717) is 0 Å². The van der Waals surface area contributed by atoms with Gasteiger partial charge >= 0.3 is 0 Å². The maximum atomic E-state index is 13.1. The normalized spacial score (nSPS) is 18.1. The number of nitrogens with zero attached hydrogens (tertiary/aromatic N) is 1. The third-order valence-corrected chi connectivity index (χ3v) is 8.93. The largest absolute Gasteiger partial charge is 0.378 e. The first kappa shape index (κ1) is 29.7. The SMILES string of the molecule is Cc1ccc(S(=O)(=O)OCCOCCOCCS(=O)c2cccc3c2C(=O)N(C2CCC(=O)NC2=O)C3=O)cc1. The molecule has 2 aliphatic rings. The Hall–Kier alpha value is -3.30. The zero-order valence-electron chi connectivity index (χ0n) is 21.6. The molecule has 14 heteroatoms. The van der Waals surface area contributed by atoms with Crippen LogP contribution in [-0.4, -0.2) is 86.0 Å². The first-order valence-electron chi connectivity index (χ1n) is 12.4. The highest BCUT2D eigenvalue weighted by Crippen LogP contribution is 2.31. The smallest absolute Gasteiger partial charge is 0.297 e. The number of rotatable bonds is 13. The van der Waals surface area contributed by atoms with E-state index in [0.717, 1.165) is 10.5 Å². The molecule has 2 heterocycles. The summed E-state index contributed by atoms with van der Waals surface area (Å²) in [4.78, 5) is 50.8. The number of hydrogen-bond acceptors (Lipinski definition) is 10. The average Bonchev–Trinajstić information content (AvgIpc) is 3.17. The van der Waals surface area contributed by atoms with Crippen molar-refractivity contribution in [2.75, 3.05) is 38.8 Å². The lowest BCUT2D eigenvalue weighted by atomic mass is 10.0. The van der Waals surface area contributed by atoms with Crippen LogP contribution in [0.3, 0.4) is 0 Å². The third-order valence-electron chi connectivity index (χ3n) is 6.24. The van der Waals surface area contributed by atoms with Gasteiger partial charge in [-0.2, -0.15) is 8.42 Å². The number of aryl methyl sites for hydroxylation is 1. The lowest BCUT2D eigenvalue weighted by Crippen LogP contribution is -2.54. The second kappa shape index (κ2) is 12.9. The summed E-state index contributed by atoms with van der Waals surface area (Å²) in [6, 6.07) is 9.62.